The van der Waals surface area contributed by atoms with E-state index in [2.05, 4.69) is 10.2 Å². The molecule has 1 heterocycles. The predicted octanol–water partition coefficient (Wildman–Crippen LogP) is 0.100. The monoisotopic (exact) mass is 212 g/mol. The Balaban J connectivity index is 2.46. The van der Waals surface area contributed by atoms with Gasteiger partial charge in [0.2, 0.25) is 0 Å². The van der Waals surface area contributed by atoms with Gasteiger partial charge in [-0.3, -0.25) is 9.89 Å². The molecule has 6 nitrogen and oxygen atoms in total. The predicted molar refractivity (Wildman–Crippen MR) is 56.5 cm³/mol. The molecule has 0 aliphatic carbocycles. The van der Waals surface area contributed by atoms with E-state index in [-0.39, 0.29) is 5.91 Å². The number of nitrogen functional groups attached to an aromatic ring is 1. The van der Waals surface area contributed by atoms with Crippen molar-refractivity contribution in [1.29, 1.82) is 0 Å². The molecule has 0 spiro atoms. The number of aromatic amines is 1. The van der Waals surface area contributed by atoms with Gasteiger partial charge < -0.3 is 15.4 Å². The van der Waals surface area contributed by atoms with Gasteiger partial charge in [0.15, 0.2) is 0 Å². The highest BCUT2D eigenvalue weighted by Gasteiger charge is 2.13. The summed E-state index contributed by atoms with van der Waals surface area (Å²) in [6.45, 7) is 3.64. The number of rotatable bonds is 5. The number of carbonyl (C=O) groups excluding carboxylic acids is 1. The minimum Gasteiger partial charge on any atom is -0.382 e. The second kappa shape index (κ2) is 5.35. The zero-order valence-electron chi connectivity index (χ0n) is 8.99. The molecular formula is C9H16N4O2. The molecule has 0 aliphatic rings. The number of hydrogen-bond donors (Lipinski definition) is 2. The van der Waals surface area contributed by atoms with Crippen LogP contribution < -0.4 is 5.73 Å². The molecule has 6 heteroatoms. The quantitative estimate of drug-likeness (QED) is 0.678. The summed E-state index contributed by atoms with van der Waals surface area (Å²) in [6, 6.07) is 1.51. The number of anilines is 1. The zero-order chi connectivity index (χ0) is 11.3. The topological polar surface area (TPSA) is 84.2 Å². The lowest BCUT2D eigenvalue weighted by Crippen LogP contribution is -2.30. The largest absolute Gasteiger partial charge is 0.382 e. The molecule has 0 saturated heterocycles. The molecule has 0 atom stereocenters. The highest BCUT2D eigenvalue weighted by Crippen LogP contribution is 2.03. The van der Waals surface area contributed by atoms with Crippen molar-refractivity contribution in [3.63, 3.8) is 0 Å². The van der Waals surface area contributed by atoms with Crippen LogP contribution in [0.5, 0.6) is 0 Å². The number of ether oxygens (including phenoxy) is 1. The highest BCUT2D eigenvalue weighted by molar-refractivity contribution is 5.92. The lowest BCUT2D eigenvalue weighted by atomic mass is 10.3. The fourth-order valence-electron chi connectivity index (χ4n) is 1.10. The Morgan fingerprint density at radius 3 is 3.00 bits per heavy atom. The van der Waals surface area contributed by atoms with Crippen LogP contribution in [0.1, 0.15) is 17.4 Å². The van der Waals surface area contributed by atoms with Gasteiger partial charge in [-0.1, -0.05) is 0 Å². The smallest absolute Gasteiger partial charge is 0.271 e. The molecular weight excluding hydrogens is 196 g/mol. The van der Waals surface area contributed by atoms with Crippen LogP contribution in [0.15, 0.2) is 6.07 Å². The Hall–Kier alpha value is -1.56. The molecule has 84 valence electrons. The second-order valence-corrected chi connectivity index (χ2v) is 3.13. The van der Waals surface area contributed by atoms with Crippen molar-refractivity contribution < 1.29 is 9.53 Å². The first-order chi connectivity index (χ1) is 7.15. The summed E-state index contributed by atoms with van der Waals surface area (Å²) in [4.78, 5) is 13.3. The summed E-state index contributed by atoms with van der Waals surface area (Å²) < 4.78 is 5.15. The van der Waals surface area contributed by atoms with Crippen LogP contribution in [0.25, 0.3) is 0 Å². The third-order valence-corrected chi connectivity index (χ3v) is 1.95. The molecule has 1 rings (SSSR count). The number of nitrogens with one attached hydrogen (secondary N) is 1. The van der Waals surface area contributed by atoms with E-state index in [1.54, 1.807) is 11.9 Å². The first-order valence-electron chi connectivity index (χ1n) is 4.79. The van der Waals surface area contributed by atoms with E-state index in [0.29, 0.717) is 31.3 Å². The second-order valence-electron chi connectivity index (χ2n) is 3.13. The van der Waals surface area contributed by atoms with Gasteiger partial charge in [-0.25, -0.2) is 0 Å². The average molecular weight is 212 g/mol. The molecule has 0 unspecified atom stereocenters. The standard InChI is InChI=1S/C9H16N4O2/c1-3-15-5-4-13(2)9(14)7-6-8(10)12-11-7/h6H,3-5H2,1-2H3,(H3,10,11,12). The normalized spacial score (nSPS) is 10.3. The van der Waals surface area contributed by atoms with Gasteiger partial charge in [-0.2, -0.15) is 5.10 Å². The summed E-state index contributed by atoms with van der Waals surface area (Å²) in [7, 11) is 1.71. The minimum absolute atomic E-state index is 0.140. The van der Waals surface area contributed by atoms with Crippen molar-refractivity contribution in [3.05, 3.63) is 11.8 Å². The Morgan fingerprint density at radius 2 is 2.47 bits per heavy atom. The van der Waals surface area contributed by atoms with E-state index in [4.69, 9.17) is 10.5 Å². The Labute approximate surface area is 88.4 Å². The summed E-state index contributed by atoms with van der Waals surface area (Å²) >= 11 is 0. The minimum atomic E-state index is -0.140. The van der Waals surface area contributed by atoms with Crippen molar-refractivity contribution in [3.8, 4) is 0 Å². The fraction of sp³-hybridized carbons (Fsp3) is 0.556. The lowest BCUT2D eigenvalue weighted by molar-refractivity contribution is 0.0704. The van der Waals surface area contributed by atoms with Crippen molar-refractivity contribution in [2.45, 2.75) is 6.92 Å². The van der Waals surface area contributed by atoms with E-state index in [0.717, 1.165) is 0 Å². The molecule has 0 aliphatic heterocycles. The van der Waals surface area contributed by atoms with Crippen molar-refractivity contribution in [1.82, 2.24) is 15.1 Å². The van der Waals surface area contributed by atoms with Crippen molar-refractivity contribution in [2.75, 3.05) is 32.5 Å². The molecule has 1 aromatic heterocycles. The van der Waals surface area contributed by atoms with Crippen LogP contribution in [-0.2, 0) is 4.74 Å². The number of hydrogen-bond acceptors (Lipinski definition) is 4. The van der Waals surface area contributed by atoms with Crippen LogP contribution in [0.4, 0.5) is 5.82 Å². The number of amides is 1. The molecule has 0 aromatic carbocycles. The Bertz CT molecular complexity index is 324. The van der Waals surface area contributed by atoms with Gasteiger partial charge in [-0.15, -0.1) is 0 Å². The number of nitrogens with zero attached hydrogens (tertiary/aromatic N) is 2. The molecule has 0 saturated carbocycles. The van der Waals surface area contributed by atoms with Crippen LogP contribution in [-0.4, -0.2) is 47.8 Å². The number of nitrogens with two attached hydrogens (primary N) is 1. The first kappa shape index (κ1) is 11.5. The van der Waals surface area contributed by atoms with Crippen LogP contribution in [0, 0.1) is 0 Å². The maximum atomic E-state index is 11.7. The first-order valence-corrected chi connectivity index (χ1v) is 4.79. The number of H-pyrrole nitrogens is 1. The molecule has 1 amide bonds. The maximum absolute atomic E-state index is 11.7. The SMILES string of the molecule is CCOCCN(C)C(=O)c1cc(N)n[nH]1. The summed E-state index contributed by atoms with van der Waals surface area (Å²) in [5, 5.41) is 6.26. The molecule has 0 radical (unpaired) electrons. The fourth-order valence-corrected chi connectivity index (χ4v) is 1.10. The third kappa shape index (κ3) is 3.25. The van der Waals surface area contributed by atoms with E-state index in [1.165, 1.54) is 6.07 Å². The lowest BCUT2D eigenvalue weighted by Gasteiger charge is -2.15. The summed E-state index contributed by atoms with van der Waals surface area (Å²) in [6.07, 6.45) is 0. The Kier molecular flexibility index (Phi) is 4.11. The van der Waals surface area contributed by atoms with E-state index in [1.807, 2.05) is 6.92 Å². The summed E-state index contributed by atoms with van der Waals surface area (Å²) in [5.74, 6) is 0.176. The van der Waals surface area contributed by atoms with Crippen molar-refractivity contribution in [2.24, 2.45) is 0 Å². The number of likely N-dealkylation sites (N-methyl/N-ethyl adjacent to an activating group) is 1. The molecule has 15 heavy (non-hydrogen) atoms. The average Bonchev–Trinajstić information content (AvgIpc) is 2.64. The molecule has 0 bridgehead atoms. The van der Waals surface area contributed by atoms with Gasteiger partial charge >= 0.3 is 0 Å². The number of aromatic nitrogens is 2. The van der Waals surface area contributed by atoms with E-state index < -0.39 is 0 Å². The molecule has 1 aromatic rings. The van der Waals surface area contributed by atoms with Gasteiger partial charge in [0.25, 0.3) is 5.91 Å². The van der Waals surface area contributed by atoms with Crippen LogP contribution in [0.3, 0.4) is 0 Å². The summed E-state index contributed by atoms with van der Waals surface area (Å²) in [5.41, 5.74) is 5.80. The van der Waals surface area contributed by atoms with Gasteiger partial charge in [0, 0.05) is 26.3 Å². The molecule has 0 fully saturated rings. The van der Waals surface area contributed by atoms with Gasteiger partial charge in [-0.05, 0) is 6.92 Å². The van der Waals surface area contributed by atoms with Crippen LogP contribution in [0.2, 0.25) is 0 Å². The third-order valence-electron chi connectivity index (χ3n) is 1.95. The highest BCUT2D eigenvalue weighted by atomic mass is 16.5. The van der Waals surface area contributed by atoms with Crippen LogP contribution >= 0.6 is 0 Å². The maximum Gasteiger partial charge on any atom is 0.271 e. The van der Waals surface area contributed by atoms with E-state index >= 15 is 0 Å². The zero-order valence-corrected chi connectivity index (χ0v) is 8.99. The van der Waals surface area contributed by atoms with E-state index in [9.17, 15) is 4.79 Å². The Morgan fingerprint density at radius 1 is 1.73 bits per heavy atom. The van der Waals surface area contributed by atoms with Gasteiger partial charge in [0.05, 0.1) is 6.61 Å². The van der Waals surface area contributed by atoms with Gasteiger partial charge in [0.1, 0.15) is 11.5 Å². The molecule has 3 N–H and O–H groups in total. The van der Waals surface area contributed by atoms with Crippen molar-refractivity contribution >= 4 is 11.7 Å². The number of carbonyl (C=O) groups is 1.